The van der Waals surface area contributed by atoms with Gasteiger partial charge >= 0.3 is 0 Å². The van der Waals surface area contributed by atoms with Gasteiger partial charge in [0.1, 0.15) is 0 Å². The van der Waals surface area contributed by atoms with Crippen molar-refractivity contribution in [2.45, 2.75) is 39.7 Å². The van der Waals surface area contributed by atoms with Crippen LogP contribution in [0.2, 0.25) is 0 Å². The number of carbonyl (C=O) groups is 1. The molecule has 0 atom stereocenters. The first-order valence-corrected chi connectivity index (χ1v) is 4.37. The Labute approximate surface area is 74.7 Å². The zero-order valence-corrected chi connectivity index (χ0v) is 8.48. The molecule has 0 rings (SSSR count). The van der Waals surface area contributed by atoms with Crippen LogP contribution in [0, 0.1) is 5.92 Å². The van der Waals surface area contributed by atoms with E-state index in [1.807, 2.05) is 13.8 Å². The first-order chi connectivity index (χ1) is 5.33. The molecule has 3 N–H and O–H groups in total. The van der Waals surface area contributed by atoms with Crippen LogP contribution in [0.15, 0.2) is 0 Å². The zero-order valence-electron chi connectivity index (χ0n) is 8.48. The summed E-state index contributed by atoms with van der Waals surface area (Å²) in [6.45, 7) is 9.15. The first kappa shape index (κ1) is 11.4. The number of hydrogen-bond donors (Lipinski definition) is 2. The van der Waals surface area contributed by atoms with Gasteiger partial charge in [-0.2, -0.15) is 0 Å². The number of primary amides is 1. The molecule has 0 fully saturated rings. The first-order valence-electron chi connectivity index (χ1n) is 4.37. The SMILES string of the molecule is CC(C)CNC(C)(C)CC(N)=O. The largest absolute Gasteiger partial charge is 0.370 e. The summed E-state index contributed by atoms with van der Waals surface area (Å²) in [4.78, 5) is 10.6. The molecule has 0 radical (unpaired) electrons. The number of carbonyl (C=O) groups excluding carboxylic acids is 1. The van der Waals surface area contributed by atoms with Gasteiger partial charge in [0.05, 0.1) is 0 Å². The average molecular weight is 172 g/mol. The number of hydrogen-bond acceptors (Lipinski definition) is 2. The van der Waals surface area contributed by atoms with E-state index in [0.29, 0.717) is 12.3 Å². The van der Waals surface area contributed by atoms with Crippen LogP contribution in [0.25, 0.3) is 0 Å². The topological polar surface area (TPSA) is 55.1 Å². The van der Waals surface area contributed by atoms with Gasteiger partial charge in [-0.15, -0.1) is 0 Å². The van der Waals surface area contributed by atoms with Gasteiger partial charge in [-0.05, 0) is 26.3 Å². The van der Waals surface area contributed by atoms with E-state index < -0.39 is 0 Å². The van der Waals surface area contributed by atoms with Crippen molar-refractivity contribution in [2.75, 3.05) is 6.54 Å². The Balaban J connectivity index is 3.78. The molecule has 0 bridgehead atoms. The lowest BCUT2D eigenvalue weighted by Gasteiger charge is -2.25. The molecule has 3 heteroatoms. The molecule has 0 aromatic heterocycles. The van der Waals surface area contributed by atoms with E-state index in [4.69, 9.17) is 5.73 Å². The quantitative estimate of drug-likeness (QED) is 0.647. The number of nitrogens with two attached hydrogens (primary N) is 1. The maximum atomic E-state index is 10.6. The molecule has 12 heavy (non-hydrogen) atoms. The second-order valence-corrected chi connectivity index (χ2v) is 4.30. The molecule has 0 spiro atoms. The summed E-state index contributed by atoms with van der Waals surface area (Å²) in [7, 11) is 0. The van der Waals surface area contributed by atoms with E-state index in [1.54, 1.807) is 0 Å². The Hall–Kier alpha value is -0.570. The fraction of sp³-hybridized carbons (Fsp3) is 0.889. The Morgan fingerprint density at radius 3 is 2.33 bits per heavy atom. The van der Waals surface area contributed by atoms with Crippen molar-refractivity contribution in [3.63, 3.8) is 0 Å². The number of rotatable bonds is 5. The standard InChI is InChI=1S/C9H20N2O/c1-7(2)6-11-9(3,4)5-8(10)12/h7,11H,5-6H2,1-4H3,(H2,10,12). The van der Waals surface area contributed by atoms with Crippen LogP contribution < -0.4 is 11.1 Å². The molecular formula is C9H20N2O. The highest BCUT2D eigenvalue weighted by molar-refractivity contribution is 5.74. The highest BCUT2D eigenvalue weighted by Gasteiger charge is 2.19. The molecule has 0 aliphatic heterocycles. The van der Waals surface area contributed by atoms with Crippen LogP contribution in [-0.4, -0.2) is 18.0 Å². The van der Waals surface area contributed by atoms with Gasteiger partial charge in [0.2, 0.25) is 5.91 Å². The van der Waals surface area contributed by atoms with Crippen LogP contribution in [0.3, 0.4) is 0 Å². The summed E-state index contributed by atoms with van der Waals surface area (Å²) in [5.41, 5.74) is 4.94. The molecular weight excluding hydrogens is 152 g/mol. The summed E-state index contributed by atoms with van der Waals surface area (Å²) >= 11 is 0. The van der Waals surface area contributed by atoms with E-state index in [0.717, 1.165) is 6.54 Å². The predicted molar refractivity (Wildman–Crippen MR) is 50.7 cm³/mol. The molecule has 0 heterocycles. The fourth-order valence-corrected chi connectivity index (χ4v) is 0.978. The average Bonchev–Trinajstić information content (AvgIpc) is 1.81. The monoisotopic (exact) mass is 172 g/mol. The third kappa shape index (κ3) is 6.16. The van der Waals surface area contributed by atoms with Crippen LogP contribution >= 0.6 is 0 Å². The lowest BCUT2D eigenvalue weighted by molar-refractivity contribution is -0.119. The summed E-state index contributed by atoms with van der Waals surface area (Å²) in [5.74, 6) is 0.341. The maximum absolute atomic E-state index is 10.6. The van der Waals surface area contributed by atoms with Gasteiger partial charge < -0.3 is 11.1 Å². The van der Waals surface area contributed by atoms with Crippen molar-refractivity contribution in [2.24, 2.45) is 11.7 Å². The van der Waals surface area contributed by atoms with Crippen LogP contribution in [0.5, 0.6) is 0 Å². The minimum atomic E-state index is -0.253. The van der Waals surface area contributed by atoms with E-state index in [1.165, 1.54) is 0 Å². The molecule has 0 aromatic rings. The third-order valence-electron chi connectivity index (χ3n) is 1.61. The third-order valence-corrected chi connectivity index (χ3v) is 1.61. The molecule has 72 valence electrons. The summed E-state index contributed by atoms with van der Waals surface area (Å²) in [5, 5.41) is 3.29. The van der Waals surface area contributed by atoms with E-state index in [-0.39, 0.29) is 11.4 Å². The van der Waals surface area contributed by atoms with E-state index in [9.17, 15) is 4.79 Å². The van der Waals surface area contributed by atoms with Gasteiger partial charge in [-0.3, -0.25) is 4.79 Å². The number of amides is 1. The van der Waals surface area contributed by atoms with Crippen molar-refractivity contribution in [1.29, 1.82) is 0 Å². The fourth-order valence-electron chi connectivity index (χ4n) is 0.978. The van der Waals surface area contributed by atoms with Crippen LogP contribution in [0.1, 0.15) is 34.1 Å². The highest BCUT2D eigenvalue weighted by Crippen LogP contribution is 2.07. The Morgan fingerprint density at radius 1 is 1.50 bits per heavy atom. The molecule has 0 saturated carbocycles. The van der Waals surface area contributed by atoms with Crippen molar-refractivity contribution in [1.82, 2.24) is 5.32 Å². The number of nitrogens with one attached hydrogen (secondary N) is 1. The van der Waals surface area contributed by atoms with Crippen LogP contribution in [-0.2, 0) is 4.79 Å². The van der Waals surface area contributed by atoms with Gasteiger partial charge in [0.25, 0.3) is 0 Å². The maximum Gasteiger partial charge on any atom is 0.219 e. The van der Waals surface area contributed by atoms with E-state index in [2.05, 4.69) is 19.2 Å². The Bertz CT molecular complexity index is 153. The molecule has 1 amide bonds. The normalized spacial score (nSPS) is 12.1. The van der Waals surface area contributed by atoms with Gasteiger partial charge in [0, 0.05) is 12.0 Å². The van der Waals surface area contributed by atoms with E-state index >= 15 is 0 Å². The van der Waals surface area contributed by atoms with Gasteiger partial charge in [-0.1, -0.05) is 13.8 Å². The molecule has 0 aliphatic rings. The van der Waals surface area contributed by atoms with Crippen molar-refractivity contribution < 1.29 is 4.79 Å². The van der Waals surface area contributed by atoms with Crippen molar-refractivity contribution in [3.05, 3.63) is 0 Å². The summed E-state index contributed by atoms with van der Waals surface area (Å²) in [6.07, 6.45) is 0.389. The predicted octanol–water partition coefficient (Wildman–Crippen LogP) is 0.886. The smallest absolute Gasteiger partial charge is 0.219 e. The van der Waals surface area contributed by atoms with Crippen LogP contribution in [0.4, 0.5) is 0 Å². The molecule has 0 aromatic carbocycles. The minimum Gasteiger partial charge on any atom is -0.370 e. The van der Waals surface area contributed by atoms with Gasteiger partial charge in [-0.25, -0.2) is 0 Å². The molecule has 3 nitrogen and oxygen atoms in total. The lowest BCUT2D eigenvalue weighted by Crippen LogP contribution is -2.44. The van der Waals surface area contributed by atoms with Crippen molar-refractivity contribution >= 4 is 5.91 Å². The molecule has 0 unspecified atom stereocenters. The Morgan fingerprint density at radius 2 is 2.00 bits per heavy atom. The minimum absolute atomic E-state index is 0.171. The zero-order chi connectivity index (χ0) is 9.78. The summed E-state index contributed by atoms with van der Waals surface area (Å²) < 4.78 is 0. The second kappa shape index (κ2) is 4.45. The second-order valence-electron chi connectivity index (χ2n) is 4.30. The lowest BCUT2D eigenvalue weighted by atomic mass is 9.99. The van der Waals surface area contributed by atoms with Gasteiger partial charge in [0.15, 0.2) is 0 Å². The highest BCUT2D eigenvalue weighted by atomic mass is 16.1. The molecule has 0 saturated heterocycles. The molecule has 0 aliphatic carbocycles. The van der Waals surface area contributed by atoms with Crippen molar-refractivity contribution in [3.8, 4) is 0 Å². The Kier molecular flexibility index (Phi) is 4.24. The summed E-state index contributed by atoms with van der Waals surface area (Å²) in [6, 6.07) is 0.